The molecule has 2 heterocycles. The van der Waals surface area contributed by atoms with Gasteiger partial charge in [0.05, 0.1) is 23.9 Å². The molecular formula is C16H29N3O4. The van der Waals surface area contributed by atoms with Crippen LogP contribution in [0.15, 0.2) is 10.6 Å². The number of β-amino-alcohol motifs (C(OH)–C–C–N with tert-alkyl or cyclic N) is 1. The van der Waals surface area contributed by atoms with Crippen LogP contribution in [0.1, 0.15) is 47.2 Å². The summed E-state index contributed by atoms with van der Waals surface area (Å²) >= 11 is 0. The van der Waals surface area contributed by atoms with Gasteiger partial charge in [-0.25, -0.2) is 0 Å². The Labute approximate surface area is 137 Å². The molecule has 23 heavy (non-hydrogen) atoms. The zero-order valence-corrected chi connectivity index (χ0v) is 13.6. The van der Waals surface area contributed by atoms with Crippen LogP contribution in [0.3, 0.4) is 0 Å². The van der Waals surface area contributed by atoms with Crippen molar-refractivity contribution in [2.24, 2.45) is 0 Å². The normalized spacial score (nSPS) is 19.5. The highest BCUT2D eigenvalue weighted by Gasteiger charge is 2.39. The van der Waals surface area contributed by atoms with E-state index in [0.29, 0.717) is 25.2 Å². The first-order valence-electron chi connectivity index (χ1n) is 7.49. The predicted octanol–water partition coefficient (Wildman–Crippen LogP) is 1.36. The number of anilines is 1. The van der Waals surface area contributed by atoms with Crippen LogP contribution in [0.4, 0.5) is 5.88 Å². The first kappa shape index (κ1) is 19.6. The standard InChI is InChI=1S/C15H25N3O4.CH4/c1-14(2,9-19)11-7-12(22-17-11)16-13(21)15(3,4)18-6-5-10(20)8-18;/h7,10,19-20H,5-6,8-9H2,1-4H3,(H,16,21);1H4/t10-;/m1./s1. The van der Waals surface area contributed by atoms with Crippen molar-refractivity contribution in [1.29, 1.82) is 0 Å². The Kier molecular flexibility index (Phi) is 5.95. The predicted molar refractivity (Wildman–Crippen MR) is 88.3 cm³/mol. The zero-order valence-electron chi connectivity index (χ0n) is 13.6. The number of aromatic nitrogens is 1. The highest BCUT2D eigenvalue weighted by Crippen LogP contribution is 2.26. The molecule has 1 saturated heterocycles. The molecule has 7 heteroatoms. The summed E-state index contributed by atoms with van der Waals surface area (Å²) < 4.78 is 5.14. The lowest BCUT2D eigenvalue weighted by Gasteiger charge is -2.33. The number of hydrogen-bond donors (Lipinski definition) is 3. The smallest absolute Gasteiger partial charge is 0.246 e. The molecule has 2 rings (SSSR count). The van der Waals surface area contributed by atoms with Gasteiger partial charge in [0.25, 0.3) is 0 Å². The molecule has 0 radical (unpaired) electrons. The number of rotatable bonds is 5. The Bertz CT molecular complexity index is 539. The molecule has 0 aromatic carbocycles. The minimum Gasteiger partial charge on any atom is -0.395 e. The number of likely N-dealkylation sites (tertiary alicyclic amines) is 1. The zero-order chi connectivity index (χ0) is 16.5. The van der Waals surface area contributed by atoms with E-state index in [0.717, 1.165) is 0 Å². The Balaban J connectivity index is 0.00000264. The molecular weight excluding hydrogens is 298 g/mol. The molecule has 0 saturated carbocycles. The fourth-order valence-electron chi connectivity index (χ4n) is 2.39. The minimum atomic E-state index is -0.753. The minimum absolute atomic E-state index is 0. The highest BCUT2D eigenvalue weighted by atomic mass is 16.5. The van der Waals surface area contributed by atoms with E-state index in [-0.39, 0.29) is 31.9 Å². The van der Waals surface area contributed by atoms with Crippen LogP contribution in [0, 0.1) is 0 Å². The van der Waals surface area contributed by atoms with Crippen LogP contribution < -0.4 is 5.32 Å². The van der Waals surface area contributed by atoms with Crippen molar-refractivity contribution in [3.8, 4) is 0 Å². The lowest BCUT2D eigenvalue weighted by molar-refractivity contribution is -0.126. The molecule has 0 aliphatic carbocycles. The molecule has 0 unspecified atom stereocenters. The number of amides is 1. The average molecular weight is 327 g/mol. The van der Waals surface area contributed by atoms with E-state index in [1.807, 2.05) is 32.6 Å². The molecule has 1 aliphatic heterocycles. The third-order valence-corrected chi connectivity index (χ3v) is 4.35. The number of nitrogens with zero attached hydrogens (tertiary/aromatic N) is 2. The number of aliphatic hydroxyl groups is 2. The van der Waals surface area contributed by atoms with Gasteiger partial charge >= 0.3 is 0 Å². The van der Waals surface area contributed by atoms with E-state index in [2.05, 4.69) is 10.5 Å². The van der Waals surface area contributed by atoms with E-state index in [9.17, 15) is 15.0 Å². The van der Waals surface area contributed by atoms with Crippen molar-refractivity contribution in [3.63, 3.8) is 0 Å². The van der Waals surface area contributed by atoms with Crippen molar-refractivity contribution in [2.75, 3.05) is 25.0 Å². The van der Waals surface area contributed by atoms with Crippen LogP contribution >= 0.6 is 0 Å². The maximum absolute atomic E-state index is 12.5. The molecule has 1 amide bonds. The topological polar surface area (TPSA) is 98.8 Å². The van der Waals surface area contributed by atoms with E-state index < -0.39 is 11.0 Å². The first-order chi connectivity index (χ1) is 10.2. The second kappa shape index (κ2) is 6.98. The number of aliphatic hydroxyl groups excluding tert-OH is 2. The van der Waals surface area contributed by atoms with E-state index in [4.69, 9.17) is 4.52 Å². The molecule has 132 valence electrons. The molecule has 1 atom stereocenters. The van der Waals surface area contributed by atoms with Crippen LogP contribution in [0.5, 0.6) is 0 Å². The van der Waals surface area contributed by atoms with Gasteiger partial charge in [-0.3, -0.25) is 15.0 Å². The van der Waals surface area contributed by atoms with Gasteiger partial charge < -0.3 is 14.7 Å². The molecule has 1 aliphatic rings. The lowest BCUT2D eigenvalue weighted by atomic mass is 9.91. The summed E-state index contributed by atoms with van der Waals surface area (Å²) in [5.74, 6) is 0.0421. The molecule has 3 N–H and O–H groups in total. The van der Waals surface area contributed by atoms with Gasteiger partial charge in [-0.1, -0.05) is 26.4 Å². The summed E-state index contributed by atoms with van der Waals surface area (Å²) in [7, 11) is 0. The van der Waals surface area contributed by atoms with Crippen molar-refractivity contribution >= 4 is 11.8 Å². The molecule has 1 aromatic rings. The molecule has 0 spiro atoms. The molecule has 1 aromatic heterocycles. The van der Waals surface area contributed by atoms with E-state index in [1.54, 1.807) is 6.07 Å². The Morgan fingerprint density at radius 1 is 1.48 bits per heavy atom. The average Bonchev–Trinajstić information content (AvgIpc) is 3.08. The monoisotopic (exact) mass is 327 g/mol. The van der Waals surface area contributed by atoms with Gasteiger partial charge in [0, 0.05) is 24.6 Å². The third kappa shape index (κ3) is 4.10. The maximum atomic E-state index is 12.5. The van der Waals surface area contributed by atoms with Gasteiger partial charge in [-0.05, 0) is 20.3 Å². The Hall–Kier alpha value is -1.44. The van der Waals surface area contributed by atoms with Gasteiger partial charge in [-0.2, -0.15) is 0 Å². The SMILES string of the molecule is C.CC(C)(CO)c1cc(NC(=O)C(C)(C)N2CC[C@@H](O)C2)on1. The largest absolute Gasteiger partial charge is 0.395 e. The fourth-order valence-corrected chi connectivity index (χ4v) is 2.39. The number of carbonyl (C=O) groups excluding carboxylic acids is 1. The van der Waals surface area contributed by atoms with Gasteiger partial charge in [0.15, 0.2) is 0 Å². The van der Waals surface area contributed by atoms with Crippen LogP contribution in [0.2, 0.25) is 0 Å². The number of hydrogen-bond acceptors (Lipinski definition) is 6. The lowest BCUT2D eigenvalue weighted by Crippen LogP contribution is -2.51. The van der Waals surface area contributed by atoms with Crippen molar-refractivity contribution < 1.29 is 19.5 Å². The van der Waals surface area contributed by atoms with E-state index in [1.165, 1.54) is 0 Å². The summed E-state index contributed by atoms with van der Waals surface area (Å²) in [6, 6.07) is 1.63. The van der Waals surface area contributed by atoms with Gasteiger partial charge in [0.1, 0.15) is 0 Å². The third-order valence-electron chi connectivity index (χ3n) is 4.35. The molecule has 7 nitrogen and oxygen atoms in total. The quantitative estimate of drug-likeness (QED) is 0.755. The fraction of sp³-hybridized carbons (Fsp3) is 0.750. The second-order valence-electron chi connectivity index (χ2n) is 7.02. The molecule has 0 bridgehead atoms. The van der Waals surface area contributed by atoms with Crippen LogP contribution in [-0.4, -0.2) is 57.5 Å². The number of nitrogens with one attached hydrogen (secondary N) is 1. The van der Waals surface area contributed by atoms with Crippen LogP contribution in [0.25, 0.3) is 0 Å². The van der Waals surface area contributed by atoms with Crippen LogP contribution in [-0.2, 0) is 10.2 Å². The summed E-state index contributed by atoms with van der Waals surface area (Å²) in [4.78, 5) is 14.4. The van der Waals surface area contributed by atoms with Gasteiger partial charge in [0.2, 0.25) is 11.8 Å². The molecule has 1 fully saturated rings. The summed E-state index contributed by atoms with van der Waals surface area (Å²) in [5, 5.41) is 25.6. The van der Waals surface area contributed by atoms with Crippen molar-refractivity contribution in [1.82, 2.24) is 10.1 Å². The summed E-state index contributed by atoms with van der Waals surface area (Å²) in [5.41, 5.74) is -0.697. The van der Waals surface area contributed by atoms with Gasteiger partial charge in [-0.15, -0.1) is 0 Å². The Morgan fingerprint density at radius 3 is 2.65 bits per heavy atom. The Morgan fingerprint density at radius 2 is 2.13 bits per heavy atom. The highest BCUT2D eigenvalue weighted by molar-refractivity contribution is 5.96. The maximum Gasteiger partial charge on any atom is 0.246 e. The number of carbonyl (C=O) groups is 1. The summed E-state index contributed by atoms with van der Waals surface area (Å²) in [6.07, 6.45) is 0.294. The summed E-state index contributed by atoms with van der Waals surface area (Å²) in [6.45, 7) is 8.41. The van der Waals surface area contributed by atoms with E-state index >= 15 is 0 Å². The second-order valence-corrected chi connectivity index (χ2v) is 7.02. The van der Waals surface area contributed by atoms with Crippen molar-refractivity contribution in [2.45, 2.75) is 58.6 Å². The first-order valence-corrected chi connectivity index (χ1v) is 7.49. The van der Waals surface area contributed by atoms with Crippen molar-refractivity contribution in [3.05, 3.63) is 11.8 Å².